The van der Waals surface area contributed by atoms with Gasteiger partial charge in [-0.2, -0.15) is 0 Å². The van der Waals surface area contributed by atoms with Gasteiger partial charge in [-0.05, 0) is 12.1 Å². The molecule has 0 fully saturated rings. The highest BCUT2D eigenvalue weighted by Gasteiger charge is 2.18. The van der Waals surface area contributed by atoms with Crippen LogP contribution in [0.4, 0.5) is 5.82 Å². The van der Waals surface area contributed by atoms with Crippen molar-refractivity contribution in [1.29, 1.82) is 0 Å². The zero-order valence-electron chi connectivity index (χ0n) is 10.3. The lowest BCUT2D eigenvalue weighted by Gasteiger charge is -2.26. The Bertz CT molecular complexity index is 582. The predicted molar refractivity (Wildman–Crippen MR) is 71.2 cm³/mol. The maximum atomic E-state index is 6.16. The SMILES string of the molecule is NNc1ccc(Cl)c(CN2CCn3cnnc3C2)n1. The summed E-state index contributed by atoms with van der Waals surface area (Å²) in [6.07, 6.45) is 1.76. The molecule has 0 atom stereocenters. The van der Waals surface area contributed by atoms with Crippen LogP contribution in [0.1, 0.15) is 11.5 Å². The lowest BCUT2D eigenvalue weighted by molar-refractivity contribution is 0.206. The van der Waals surface area contributed by atoms with Crippen LogP contribution in [0, 0.1) is 0 Å². The summed E-state index contributed by atoms with van der Waals surface area (Å²) in [5.74, 6) is 6.94. The number of fused-ring (bicyclic) bond motifs is 1. The van der Waals surface area contributed by atoms with E-state index < -0.39 is 0 Å². The van der Waals surface area contributed by atoms with E-state index in [1.54, 1.807) is 18.5 Å². The maximum Gasteiger partial charge on any atom is 0.147 e. The number of hydrogen-bond donors (Lipinski definition) is 2. The number of hydrazine groups is 1. The van der Waals surface area contributed by atoms with Crippen LogP contribution in [0.25, 0.3) is 0 Å². The second-order valence-electron chi connectivity index (χ2n) is 4.42. The van der Waals surface area contributed by atoms with E-state index in [1.165, 1.54) is 0 Å². The van der Waals surface area contributed by atoms with Gasteiger partial charge < -0.3 is 9.99 Å². The van der Waals surface area contributed by atoms with E-state index in [1.807, 2.05) is 0 Å². The summed E-state index contributed by atoms with van der Waals surface area (Å²) in [6, 6.07) is 3.55. The number of halogens is 1. The highest BCUT2D eigenvalue weighted by Crippen LogP contribution is 2.20. The average molecular weight is 280 g/mol. The van der Waals surface area contributed by atoms with Crippen molar-refractivity contribution in [3.8, 4) is 0 Å². The summed E-state index contributed by atoms with van der Waals surface area (Å²) in [7, 11) is 0. The summed E-state index contributed by atoms with van der Waals surface area (Å²) in [5, 5.41) is 8.64. The Kier molecular flexibility index (Phi) is 3.33. The fraction of sp³-hybridized carbons (Fsp3) is 0.364. The molecule has 0 saturated heterocycles. The van der Waals surface area contributed by atoms with E-state index in [9.17, 15) is 0 Å². The molecule has 19 heavy (non-hydrogen) atoms. The molecule has 0 bridgehead atoms. The van der Waals surface area contributed by atoms with Gasteiger partial charge in [0.1, 0.15) is 18.0 Å². The van der Waals surface area contributed by atoms with Crippen molar-refractivity contribution in [2.45, 2.75) is 19.6 Å². The summed E-state index contributed by atoms with van der Waals surface area (Å²) in [4.78, 5) is 6.61. The molecule has 3 N–H and O–H groups in total. The van der Waals surface area contributed by atoms with Gasteiger partial charge in [0.2, 0.25) is 0 Å². The van der Waals surface area contributed by atoms with E-state index in [4.69, 9.17) is 17.4 Å². The molecule has 0 saturated carbocycles. The first kappa shape index (κ1) is 12.3. The first-order valence-electron chi connectivity index (χ1n) is 5.97. The molecular weight excluding hydrogens is 266 g/mol. The van der Waals surface area contributed by atoms with E-state index in [-0.39, 0.29) is 0 Å². The molecule has 7 nitrogen and oxygen atoms in total. The third kappa shape index (κ3) is 2.53. The van der Waals surface area contributed by atoms with Crippen LogP contribution >= 0.6 is 11.6 Å². The van der Waals surface area contributed by atoms with E-state index in [2.05, 4.69) is 30.1 Å². The van der Waals surface area contributed by atoms with Crippen molar-refractivity contribution in [2.24, 2.45) is 5.84 Å². The Balaban J connectivity index is 1.76. The predicted octanol–water partition coefficient (Wildman–Crippen LogP) is 0.628. The minimum absolute atomic E-state index is 0.611. The van der Waals surface area contributed by atoms with Crippen LogP contribution in [-0.2, 0) is 19.6 Å². The van der Waals surface area contributed by atoms with Crippen molar-refractivity contribution in [3.63, 3.8) is 0 Å². The zero-order valence-corrected chi connectivity index (χ0v) is 11.0. The molecule has 0 aromatic carbocycles. The van der Waals surface area contributed by atoms with Crippen LogP contribution in [0.2, 0.25) is 5.02 Å². The van der Waals surface area contributed by atoms with Crippen molar-refractivity contribution in [1.82, 2.24) is 24.6 Å². The smallest absolute Gasteiger partial charge is 0.147 e. The Morgan fingerprint density at radius 3 is 3.11 bits per heavy atom. The number of rotatable bonds is 3. The largest absolute Gasteiger partial charge is 0.315 e. The van der Waals surface area contributed by atoms with Crippen LogP contribution in [0.3, 0.4) is 0 Å². The number of hydrogen-bond acceptors (Lipinski definition) is 6. The normalized spacial score (nSPS) is 15.3. The van der Waals surface area contributed by atoms with Gasteiger partial charge in [0.25, 0.3) is 0 Å². The molecular formula is C11H14ClN7. The van der Waals surface area contributed by atoms with Crippen molar-refractivity contribution >= 4 is 17.4 Å². The maximum absolute atomic E-state index is 6.16. The Morgan fingerprint density at radius 2 is 2.26 bits per heavy atom. The molecule has 1 aliphatic heterocycles. The first-order chi connectivity index (χ1) is 9.26. The molecule has 0 spiro atoms. The molecule has 0 aliphatic carbocycles. The zero-order chi connectivity index (χ0) is 13.2. The Morgan fingerprint density at radius 1 is 1.37 bits per heavy atom. The fourth-order valence-corrected chi connectivity index (χ4v) is 2.30. The van der Waals surface area contributed by atoms with Gasteiger partial charge >= 0.3 is 0 Å². The van der Waals surface area contributed by atoms with E-state index in [0.717, 1.165) is 31.2 Å². The quantitative estimate of drug-likeness (QED) is 0.633. The van der Waals surface area contributed by atoms with Gasteiger partial charge in [0.15, 0.2) is 0 Å². The minimum Gasteiger partial charge on any atom is -0.315 e. The lowest BCUT2D eigenvalue weighted by Crippen LogP contribution is -2.33. The number of nitrogens with zero attached hydrogens (tertiary/aromatic N) is 5. The topological polar surface area (TPSA) is 84.9 Å². The van der Waals surface area contributed by atoms with Gasteiger partial charge in [0.05, 0.1) is 17.3 Å². The Labute approximate surface area is 115 Å². The summed E-state index contributed by atoms with van der Waals surface area (Å²) in [5.41, 5.74) is 3.34. The van der Waals surface area contributed by atoms with E-state index >= 15 is 0 Å². The van der Waals surface area contributed by atoms with Gasteiger partial charge in [-0.3, -0.25) is 4.90 Å². The molecule has 100 valence electrons. The summed E-state index contributed by atoms with van der Waals surface area (Å²) in [6.45, 7) is 3.22. The molecule has 3 rings (SSSR count). The molecule has 0 unspecified atom stereocenters. The summed E-state index contributed by atoms with van der Waals surface area (Å²) < 4.78 is 2.06. The van der Waals surface area contributed by atoms with E-state index in [0.29, 0.717) is 17.4 Å². The number of nitrogens with two attached hydrogens (primary N) is 1. The third-order valence-electron chi connectivity index (χ3n) is 3.16. The second kappa shape index (κ2) is 5.12. The summed E-state index contributed by atoms with van der Waals surface area (Å²) >= 11 is 6.16. The molecule has 3 heterocycles. The average Bonchev–Trinajstić information content (AvgIpc) is 2.89. The Hall–Kier alpha value is -1.70. The highest BCUT2D eigenvalue weighted by atomic mass is 35.5. The third-order valence-corrected chi connectivity index (χ3v) is 3.50. The molecule has 2 aromatic rings. The number of pyridine rings is 1. The molecule has 2 aromatic heterocycles. The second-order valence-corrected chi connectivity index (χ2v) is 4.83. The van der Waals surface area contributed by atoms with Gasteiger partial charge in [-0.1, -0.05) is 11.6 Å². The monoisotopic (exact) mass is 279 g/mol. The van der Waals surface area contributed by atoms with Crippen LogP contribution in [-0.4, -0.2) is 31.2 Å². The van der Waals surface area contributed by atoms with Crippen molar-refractivity contribution in [2.75, 3.05) is 12.0 Å². The molecule has 0 radical (unpaired) electrons. The van der Waals surface area contributed by atoms with Crippen molar-refractivity contribution in [3.05, 3.63) is 35.0 Å². The molecule has 0 amide bonds. The van der Waals surface area contributed by atoms with Crippen LogP contribution in [0.15, 0.2) is 18.5 Å². The van der Waals surface area contributed by atoms with Gasteiger partial charge in [0, 0.05) is 19.6 Å². The fourth-order valence-electron chi connectivity index (χ4n) is 2.14. The standard InChI is InChI=1S/C11H14ClN7/c12-8-1-2-10(16-13)15-9(8)5-18-3-4-19-7-14-17-11(19)6-18/h1-2,7H,3-6,13H2,(H,15,16). The number of nitrogen functional groups attached to an aromatic ring is 1. The van der Waals surface area contributed by atoms with Crippen LogP contribution < -0.4 is 11.3 Å². The van der Waals surface area contributed by atoms with Crippen molar-refractivity contribution < 1.29 is 0 Å². The first-order valence-corrected chi connectivity index (χ1v) is 6.35. The number of anilines is 1. The van der Waals surface area contributed by atoms with Crippen LogP contribution in [0.5, 0.6) is 0 Å². The number of nitrogens with one attached hydrogen (secondary N) is 1. The highest BCUT2D eigenvalue weighted by molar-refractivity contribution is 6.31. The molecule has 8 heteroatoms. The van der Waals surface area contributed by atoms with Gasteiger partial charge in [-0.25, -0.2) is 10.8 Å². The van der Waals surface area contributed by atoms with Gasteiger partial charge in [-0.15, -0.1) is 10.2 Å². The lowest BCUT2D eigenvalue weighted by atomic mass is 10.3. The molecule has 1 aliphatic rings. The number of aromatic nitrogens is 4. The minimum atomic E-state index is 0.611.